The molecule has 7 heteroatoms. The largest absolute Gasteiger partial charge is 0.573 e. The predicted octanol–water partition coefficient (Wildman–Crippen LogP) is 2.93. The van der Waals surface area contributed by atoms with E-state index in [1.54, 1.807) is 13.0 Å². The van der Waals surface area contributed by atoms with Gasteiger partial charge in [0.05, 0.1) is 5.69 Å². The molecule has 1 aromatic heterocycles. The van der Waals surface area contributed by atoms with Crippen LogP contribution in [0.1, 0.15) is 5.82 Å². The molecular formula is C12H10F3N3O. The Labute approximate surface area is 107 Å². The molecule has 0 atom stereocenters. The van der Waals surface area contributed by atoms with Gasteiger partial charge in [-0.1, -0.05) is 12.1 Å². The first kappa shape index (κ1) is 13.1. The Bertz CT molecular complexity index is 579. The molecule has 0 aliphatic rings. The molecule has 0 saturated carbocycles. The van der Waals surface area contributed by atoms with Crippen LogP contribution in [-0.2, 0) is 0 Å². The predicted molar refractivity (Wildman–Crippen MR) is 63.3 cm³/mol. The average molecular weight is 269 g/mol. The van der Waals surface area contributed by atoms with Gasteiger partial charge in [0.25, 0.3) is 0 Å². The fraction of sp³-hybridized carbons (Fsp3) is 0.167. The van der Waals surface area contributed by atoms with E-state index in [4.69, 9.17) is 5.73 Å². The van der Waals surface area contributed by atoms with E-state index in [9.17, 15) is 13.2 Å². The van der Waals surface area contributed by atoms with Crippen LogP contribution in [0.5, 0.6) is 5.75 Å². The molecule has 1 heterocycles. The summed E-state index contributed by atoms with van der Waals surface area (Å²) in [5, 5.41) is 0. The van der Waals surface area contributed by atoms with Gasteiger partial charge >= 0.3 is 6.36 Å². The van der Waals surface area contributed by atoms with Gasteiger partial charge in [-0.05, 0) is 19.1 Å². The second kappa shape index (κ2) is 4.75. The van der Waals surface area contributed by atoms with Crippen molar-refractivity contribution in [3.05, 3.63) is 36.2 Å². The average Bonchev–Trinajstić information content (AvgIpc) is 2.26. The molecule has 0 spiro atoms. The Morgan fingerprint density at radius 1 is 1.16 bits per heavy atom. The van der Waals surface area contributed by atoms with Crippen molar-refractivity contribution in [2.24, 2.45) is 0 Å². The fourth-order valence-corrected chi connectivity index (χ4v) is 1.62. The lowest BCUT2D eigenvalue weighted by Gasteiger charge is -2.13. The van der Waals surface area contributed by atoms with Crippen LogP contribution in [0.4, 0.5) is 19.0 Å². The summed E-state index contributed by atoms with van der Waals surface area (Å²) in [7, 11) is 0. The van der Waals surface area contributed by atoms with Crippen LogP contribution in [0.15, 0.2) is 30.3 Å². The van der Waals surface area contributed by atoms with Gasteiger partial charge in [0.15, 0.2) is 0 Å². The first-order valence-electron chi connectivity index (χ1n) is 5.31. The minimum absolute atomic E-state index is 0.185. The smallest absolute Gasteiger partial charge is 0.405 e. The van der Waals surface area contributed by atoms with Crippen LogP contribution in [-0.4, -0.2) is 16.3 Å². The zero-order valence-electron chi connectivity index (χ0n) is 9.90. The molecule has 0 saturated heterocycles. The van der Waals surface area contributed by atoms with Crippen LogP contribution in [0.3, 0.4) is 0 Å². The number of halogens is 3. The van der Waals surface area contributed by atoms with Crippen molar-refractivity contribution in [2.45, 2.75) is 13.3 Å². The first-order chi connectivity index (χ1) is 8.85. The number of anilines is 1. The molecule has 0 radical (unpaired) electrons. The molecule has 100 valence electrons. The summed E-state index contributed by atoms with van der Waals surface area (Å²) in [4.78, 5) is 7.92. The van der Waals surface area contributed by atoms with Gasteiger partial charge in [-0.3, -0.25) is 0 Å². The fourth-order valence-electron chi connectivity index (χ4n) is 1.62. The molecule has 2 rings (SSSR count). The molecule has 4 nitrogen and oxygen atoms in total. The van der Waals surface area contributed by atoms with Crippen LogP contribution in [0.2, 0.25) is 0 Å². The number of ether oxygens (including phenoxy) is 1. The third-order valence-corrected chi connectivity index (χ3v) is 2.25. The molecule has 1 aromatic carbocycles. The Kier molecular flexibility index (Phi) is 3.28. The number of aromatic nitrogens is 2. The van der Waals surface area contributed by atoms with Crippen LogP contribution >= 0.6 is 0 Å². The Morgan fingerprint density at radius 3 is 2.47 bits per heavy atom. The lowest BCUT2D eigenvalue weighted by atomic mass is 10.1. The lowest BCUT2D eigenvalue weighted by Crippen LogP contribution is -2.17. The minimum atomic E-state index is -4.76. The lowest BCUT2D eigenvalue weighted by molar-refractivity contribution is -0.274. The number of nitrogen functional groups attached to an aromatic ring is 1. The second-order valence-electron chi connectivity index (χ2n) is 3.77. The molecule has 2 aromatic rings. The summed E-state index contributed by atoms with van der Waals surface area (Å²) in [5.41, 5.74) is 6.05. The second-order valence-corrected chi connectivity index (χ2v) is 3.77. The highest BCUT2D eigenvalue weighted by Gasteiger charge is 2.32. The Hall–Kier alpha value is -2.31. The number of alkyl halides is 3. The molecule has 0 bridgehead atoms. The molecule has 0 fully saturated rings. The summed E-state index contributed by atoms with van der Waals surface area (Å²) >= 11 is 0. The molecular weight excluding hydrogens is 259 g/mol. The zero-order chi connectivity index (χ0) is 14.0. The normalized spacial score (nSPS) is 11.4. The van der Waals surface area contributed by atoms with Crippen LogP contribution in [0, 0.1) is 6.92 Å². The van der Waals surface area contributed by atoms with E-state index < -0.39 is 6.36 Å². The SMILES string of the molecule is Cc1nc(N)cc(-c2ccccc2OC(F)(F)F)n1. The number of rotatable bonds is 2. The number of benzene rings is 1. The highest BCUT2D eigenvalue weighted by molar-refractivity contribution is 5.68. The van der Waals surface area contributed by atoms with E-state index in [-0.39, 0.29) is 22.8 Å². The number of aryl methyl sites for hydroxylation is 1. The molecule has 0 aliphatic carbocycles. The minimum Gasteiger partial charge on any atom is -0.405 e. The van der Waals surface area contributed by atoms with E-state index in [1.807, 2.05) is 0 Å². The van der Waals surface area contributed by atoms with Crippen LogP contribution < -0.4 is 10.5 Å². The molecule has 0 aliphatic heterocycles. The Balaban J connectivity index is 2.50. The van der Waals surface area contributed by atoms with Crippen LogP contribution in [0.25, 0.3) is 11.3 Å². The maximum atomic E-state index is 12.3. The highest BCUT2D eigenvalue weighted by atomic mass is 19.4. The van der Waals surface area contributed by atoms with E-state index in [0.717, 1.165) is 0 Å². The quantitative estimate of drug-likeness (QED) is 0.910. The third kappa shape index (κ3) is 3.34. The van der Waals surface area contributed by atoms with Gasteiger partial charge in [-0.2, -0.15) is 0 Å². The number of hydrogen-bond acceptors (Lipinski definition) is 4. The highest BCUT2D eigenvalue weighted by Crippen LogP contribution is 2.33. The summed E-state index contributed by atoms with van der Waals surface area (Å²) in [6.45, 7) is 1.60. The van der Waals surface area contributed by atoms with Gasteiger partial charge < -0.3 is 10.5 Å². The van der Waals surface area contributed by atoms with Gasteiger partial charge in [0.1, 0.15) is 17.4 Å². The topological polar surface area (TPSA) is 61.0 Å². The summed E-state index contributed by atoms with van der Waals surface area (Å²) < 4.78 is 40.9. The van der Waals surface area contributed by atoms with Crippen molar-refractivity contribution in [1.82, 2.24) is 9.97 Å². The van der Waals surface area contributed by atoms with Crippen molar-refractivity contribution >= 4 is 5.82 Å². The zero-order valence-corrected chi connectivity index (χ0v) is 9.90. The third-order valence-electron chi connectivity index (χ3n) is 2.25. The van der Waals surface area contributed by atoms with Crippen molar-refractivity contribution in [1.29, 1.82) is 0 Å². The monoisotopic (exact) mass is 269 g/mol. The van der Waals surface area contributed by atoms with Crippen molar-refractivity contribution in [3.63, 3.8) is 0 Å². The van der Waals surface area contributed by atoms with E-state index in [0.29, 0.717) is 5.82 Å². The van der Waals surface area contributed by atoms with Crippen molar-refractivity contribution < 1.29 is 17.9 Å². The summed E-state index contributed by atoms with van der Waals surface area (Å²) in [6, 6.07) is 7.12. The van der Waals surface area contributed by atoms with Crippen molar-refractivity contribution in [2.75, 3.05) is 5.73 Å². The molecule has 0 amide bonds. The number of para-hydroxylation sites is 1. The summed E-state index contributed by atoms with van der Waals surface area (Å²) in [6.07, 6.45) is -4.76. The molecule has 2 N–H and O–H groups in total. The van der Waals surface area contributed by atoms with Gasteiger partial charge in [-0.15, -0.1) is 13.2 Å². The summed E-state index contributed by atoms with van der Waals surface area (Å²) in [5.74, 6) is 0.230. The number of hydrogen-bond donors (Lipinski definition) is 1. The Morgan fingerprint density at radius 2 is 1.84 bits per heavy atom. The van der Waals surface area contributed by atoms with E-state index in [1.165, 1.54) is 24.3 Å². The van der Waals surface area contributed by atoms with E-state index >= 15 is 0 Å². The van der Waals surface area contributed by atoms with Gasteiger partial charge in [0.2, 0.25) is 0 Å². The van der Waals surface area contributed by atoms with Gasteiger partial charge in [-0.25, -0.2) is 9.97 Å². The first-order valence-corrected chi connectivity index (χ1v) is 5.31. The molecule has 0 unspecified atom stereocenters. The van der Waals surface area contributed by atoms with Crippen molar-refractivity contribution in [3.8, 4) is 17.0 Å². The number of nitrogens with two attached hydrogens (primary N) is 1. The number of nitrogens with zero attached hydrogens (tertiary/aromatic N) is 2. The maximum Gasteiger partial charge on any atom is 0.573 e. The van der Waals surface area contributed by atoms with E-state index in [2.05, 4.69) is 14.7 Å². The maximum absolute atomic E-state index is 12.3. The molecule has 19 heavy (non-hydrogen) atoms. The van der Waals surface area contributed by atoms with Gasteiger partial charge in [0, 0.05) is 11.6 Å². The standard InChI is InChI=1S/C12H10F3N3O/c1-7-17-9(6-11(16)18-7)8-4-2-3-5-10(8)19-12(13,14)15/h2-6H,1H3,(H2,16,17,18).